The van der Waals surface area contributed by atoms with Gasteiger partial charge >= 0.3 is 0 Å². The van der Waals surface area contributed by atoms with Crippen LogP contribution in [0, 0.1) is 5.92 Å². The number of methoxy groups -OCH3 is 1. The van der Waals surface area contributed by atoms with E-state index in [0.717, 1.165) is 19.4 Å². The van der Waals surface area contributed by atoms with Gasteiger partial charge in [0.25, 0.3) is 5.91 Å². The van der Waals surface area contributed by atoms with E-state index >= 15 is 0 Å². The minimum Gasteiger partial charge on any atom is -0.369 e. The number of rotatable bonds is 4. The first-order valence-electron chi connectivity index (χ1n) is 6.54. The lowest BCUT2D eigenvalue weighted by Gasteiger charge is -2.42. The minimum absolute atomic E-state index is 0.0878. The number of piperidine rings is 1. The van der Waals surface area contributed by atoms with Gasteiger partial charge in [-0.3, -0.25) is 4.79 Å². The SMILES string of the molecule is CCC(C)(OC)C(=O)N1CCC(C)CC1CN. The van der Waals surface area contributed by atoms with Gasteiger partial charge < -0.3 is 15.4 Å². The minimum atomic E-state index is -0.700. The zero-order chi connectivity index (χ0) is 13.1. The van der Waals surface area contributed by atoms with E-state index in [4.69, 9.17) is 10.5 Å². The predicted molar refractivity (Wildman–Crippen MR) is 68.7 cm³/mol. The fraction of sp³-hybridized carbons (Fsp3) is 0.923. The molecule has 0 radical (unpaired) electrons. The first-order chi connectivity index (χ1) is 7.98. The highest BCUT2D eigenvalue weighted by Crippen LogP contribution is 2.26. The lowest BCUT2D eigenvalue weighted by Crippen LogP contribution is -2.56. The van der Waals surface area contributed by atoms with Crippen LogP contribution in [0.3, 0.4) is 0 Å². The molecule has 1 rings (SSSR count). The fourth-order valence-corrected chi connectivity index (χ4v) is 2.43. The van der Waals surface area contributed by atoms with Crippen LogP contribution >= 0.6 is 0 Å². The van der Waals surface area contributed by atoms with E-state index in [9.17, 15) is 4.79 Å². The van der Waals surface area contributed by atoms with Gasteiger partial charge in [0.2, 0.25) is 0 Å². The maximum atomic E-state index is 12.5. The standard InChI is InChI=1S/C13H26N2O2/c1-5-13(3,17-4)12(16)15-7-6-10(2)8-11(15)9-14/h10-11H,5-9,14H2,1-4H3. The Morgan fingerprint density at radius 1 is 1.59 bits per heavy atom. The summed E-state index contributed by atoms with van der Waals surface area (Å²) in [5.74, 6) is 0.743. The monoisotopic (exact) mass is 242 g/mol. The molecule has 3 atom stereocenters. The van der Waals surface area contributed by atoms with Crippen LogP contribution in [0.25, 0.3) is 0 Å². The molecule has 1 saturated heterocycles. The van der Waals surface area contributed by atoms with Gasteiger partial charge in [0.15, 0.2) is 0 Å². The number of hydrogen-bond donors (Lipinski definition) is 1. The summed E-state index contributed by atoms with van der Waals surface area (Å²) in [4.78, 5) is 14.4. The van der Waals surface area contributed by atoms with Crippen molar-refractivity contribution in [3.05, 3.63) is 0 Å². The topological polar surface area (TPSA) is 55.6 Å². The molecule has 1 aliphatic rings. The molecule has 2 N–H and O–H groups in total. The Bertz CT molecular complexity index is 264. The Morgan fingerprint density at radius 2 is 2.24 bits per heavy atom. The Morgan fingerprint density at radius 3 is 2.71 bits per heavy atom. The second kappa shape index (κ2) is 5.83. The summed E-state index contributed by atoms with van der Waals surface area (Å²) >= 11 is 0. The smallest absolute Gasteiger partial charge is 0.254 e. The van der Waals surface area contributed by atoms with Crippen LogP contribution in [0.2, 0.25) is 0 Å². The molecule has 0 bridgehead atoms. The molecule has 100 valence electrons. The van der Waals surface area contributed by atoms with Crippen LogP contribution in [0.4, 0.5) is 0 Å². The van der Waals surface area contributed by atoms with Crippen LogP contribution in [-0.2, 0) is 9.53 Å². The molecule has 1 aliphatic heterocycles. The molecule has 0 aliphatic carbocycles. The molecular formula is C13H26N2O2. The van der Waals surface area contributed by atoms with E-state index in [1.54, 1.807) is 7.11 Å². The summed E-state index contributed by atoms with van der Waals surface area (Å²) in [5.41, 5.74) is 5.08. The van der Waals surface area contributed by atoms with Crippen LogP contribution in [0.1, 0.15) is 40.0 Å². The van der Waals surface area contributed by atoms with Crippen molar-refractivity contribution >= 4 is 5.91 Å². The molecule has 4 nitrogen and oxygen atoms in total. The normalized spacial score (nSPS) is 28.9. The van der Waals surface area contributed by atoms with Crippen molar-refractivity contribution in [2.75, 3.05) is 20.2 Å². The van der Waals surface area contributed by atoms with Crippen molar-refractivity contribution in [1.29, 1.82) is 0 Å². The summed E-state index contributed by atoms with van der Waals surface area (Å²) < 4.78 is 5.39. The zero-order valence-corrected chi connectivity index (χ0v) is 11.5. The molecule has 0 saturated carbocycles. The number of carbonyl (C=O) groups excluding carboxylic acids is 1. The van der Waals surface area contributed by atoms with Gasteiger partial charge in [0.05, 0.1) is 0 Å². The molecule has 4 heteroatoms. The van der Waals surface area contributed by atoms with Crippen molar-refractivity contribution in [3.63, 3.8) is 0 Å². The molecular weight excluding hydrogens is 216 g/mol. The second-order valence-corrected chi connectivity index (χ2v) is 5.31. The van der Waals surface area contributed by atoms with Crippen LogP contribution in [-0.4, -0.2) is 42.6 Å². The van der Waals surface area contributed by atoms with Crippen LogP contribution < -0.4 is 5.73 Å². The number of amides is 1. The number of nitrogens with zero attached hydrogens (tertiary/aromatic N) is 1. The quantitative estimate of drug-likeness (QED) is 0.810. The number of likely N-dealkylation sites (tertiary alicyclic amines) is 1. The second-order valence-electron chi connectivity index (χ2n) is 5.31. The third kappa shape index (κ3) is 2.99. The van der Waals surface area contributed by atoms with Gasteiger partial charge in [0.1, 0.15) is 5.60 Å². The first-order valence-corrected chi connectivity index (χ1v) is 6.54. The Hall–Kier alpha value is -0.610. The Kier molecular flexibility index (Phi) is 4.95. The van der Waals surface area contributed by atoms with Crippen molar-refractivity contribution in [2.24, 2.45) is 11.7 Å². The van der Waals surface area contributed by atoms with Crippen LogP contribution in [0.5, 0.6) is 0 Å². The third-order valence-electron chi connectivity index (χ3n) is 4.09. The van der Waals surface area contributed by atoms with E-state index in [-0.39, 0.29) is 11.9 Å². The van der Waals surface area contributed by atoms with Gasteiger partial charge in [-0.05, 0) is 32.1 Å². The van der Waals surface area contributed by atoms with E-state index in [1.807, 2.05) is 18.7 Å². The highest BCUT2D eigenvalue weighted by atomic mass is 16.5. The van der Waals surface area contributed by atoms with Crippen molar-refractivity contribution in [3.8, 4) is 0 Å². The zero-order valence-electron chi connectivity index (χ0n) is 11.5. The lowest BCUT2D eigenvalue weighted by molar-refractivity contribution is -0.157. The third-order valence-corrected chi connectivity index (χ3v) is 4.09. The molecule has 1 fully saturated rings. The first kappa shape index (κ1) is 14.5. The molecule has 0 aromatic heterocycles. The van der Waals surface area contributed by atoms with Crippen molar-refractivity contribution < 1.29 is 9.53 Å². The van der Waals surface area contributed by atoms with Crippen molar-refractivity contribution in [1.82, 2.24) is 4.90 Å². The predicted octanol–water partition coefficient (Wildman–Crippen LogP) is 1.39. The van der Waals surface area contributed by atoms with Gasteiger partial charge in [-0.2, -0.15) is 0 Å². The summed E-state index contributed by atoms with van der Waals surface area (Å²) in [5, 5.41) is 0. The lowest BCUT2D eigenvalue weighted by atomic mass is 9.90. The van der Waals surface area contributed by atoms with Crippen molar-refractivity contribution in [2.45, 2.75) is 51.7 Å². The van der Waals surface area contributed by atoms with Gasteiger partial charge in [-0.15, -0.1) is 0 Å². The maximum absolute atomic E-state index is 12.5. The number of ether oxygens (including phenoxy) is 1. The largest absolute Gasteiger partial charge is 0.369 e. The molecule has 17 heavy (non-hydrogen) atoms. The fourth-order valence-electron chi connectivity index (χ4n) is 2.43. The number of hydrogen-bond acceptors (Lipinski definition) is 3. The summed E-state index contributed by atoms with van der Waals surface area (Å²) in [6, 6.07) is 0.173. The Balaban J connectivity index is 2.80. The van der Waals surface area contributed by atoms with E-state index < -0.39 is 5.60 Å². The number of nitrogens with two attached hydrogens (primary N) is 1. The summed E-state index contributed by atoms with van der Waals surface area (Å²) in [6.07, 6.45) is 2.75. The highest BCUT2D eigenvalue weighted by Gasteiger charge is 2.39. The van der Waals surface area contributed by atoms with Gasteiger partial charge in [-0.1, -0.05) is 13.8 Å². The molecule has 0 aromatic carbocycles. The van der Waals surface area contributed by atoms with Crippen LogP contribution in [0.15, 0.2) is 0 Å². The summed E-state index contributed by atoms with van der Waals surface area (Å²) in [7, 11) is 1.60. The molecule has 1 amide bonds. The highest BCUT2D eigenvalue weighted by molar-refractivity contribution is 5.85. The van der Waals surface area contributed by atoms with E-state index in [0.29, 0.717) is 18.9 Å². The molecule has 0 spiro atoms. The van der Waals surface area contributed by atoms with Gasteiger partial charge in [-0.25, -0.2) is 0 Å². The van der Waals surface area contributed by atoms with E-state index in [2.05, 4.69) is 6.92 Å². The molecule has 3 unspecified atom stereocenters. The average Bonchev–Trinajstić information content (AvgIpc) is 2.36. The maximum Gasteiger partial charge on any atom is 0.254 e. The molecule has 1 heterocycles. The summed E-state index contributed by atoms with van der Waals surface area (Å²) in [6.45, 7) is 7.41. The molecule has 0 aromatic rings. The average molecular weight is 242 g/mol. The Labute approximate surface area is 104 Å². The van der Waals surface area contributed by atoms with E-state index in [1.165, 1.54) is 0 Å². The number of carbonyl (C=O) groups is 1. The van der Waals surface area contributed by atoms with Gasteiger partial charge in [0, 0.05) is 26.2 Å².